The van der Waals surface area contributed by atoms with Crippen molar-refractivity contribution in [3.8, 4) is 0 Å². The maximum atomic E-state index is 12.8. The van der Waals surface area contributed by atoms with Gasteiger partial charge in [-0.2, -0.15) is 0 Å². The minimum atomic E-state index is -0.561. The van der Waals surface area contributed by atoms with Crippen LogP contribution in [0.1, 0.15) is 37.8 Å². The fourth-order valence-corrected chi connectivity index (χ4v) is 5.15. The number of nitrogens with zero attached hydrogens (tertiary/aromatic N) is 4. The molecule has 0 aromatic carbocycles. The number of hydrogen-bond donors (Lipinski definition) is 1. The van der Waals surface area contributed by atoms with Gasteiger partial charge in [-0.3, -0.25) is 14.5 Å². The minimum absolute atomic E-state index is 0.106. The van der Waals surface area contributed by atoms with Crippen LogP contribution in [0.15, 0.2) is 0 Å². The van der Waals surface area contributed by atoms with Crippen molar-refractivity contribution in [2.75, 3.05) is 57.8 Å². The molecule has 10 nitrogen and oxygen atoms in total. The van der Waals surface area contributed by atoms with E-state index in [0.29, 0.717) is 57.5 Å². The lowest BCUT2D eigenvalue weighted by atomic mass is 10.1. The van der Waals surface area contributed by atoms with E-state index in [0.717, 1.165) is 30.1 Å². The van der Waals surface area contributed by atoms with Crippen LogP contribution in [0.3, 0.4) is 0 Å². The van der Waals surface area contributed by atoms with Crippen LogP contribution in [0.2, 0.25) is 0 Å². The van der Waals surface area contributed by atoms with Crippen LogP contribution in [-0.4, -0.2) is 95.7 Å². The predicted molar refractivity (Wildman–Crippen MR) is 123 cm³/mol. The summed E-state index contributed by atoms with van der Waals surface area (Å²) in [7, 11) is 0. The first-order chi connectivity index (χ1) is 15.7. The van der Waals surface area contributed by atoms with Gasteiger partial charge in [0.15, 0.2) is 5.13 Å². The highest BCUT2D eigenvalue weighted by Gasteiger charge is 2.34. The first-order valence-corrected chi connectivity index (χ1v) is 12.3. The van der Waals surface area contributed by atoms with Crippen molar-refractivity contribution < 1.29 is 23.9 Å². The van der Waals surface area contributed by atoms with Gasteiger partial charge in [-0.25, -0.2) is 9.78 Å². The Bertz CT molecular complexity index is 892. The van der Waals surface area contributed by atoms with Gasteiger partial charge < -0.3 is 24.6 Å². The Labute approximate surface area is 198 Å². The Morgan fingerprint density at radius 3 is 2.64 bits per heavy atom. The van der Waals surface area contributed by atoms with Gasteiger partial charge in [-0.05, 0) is 27.2 Å². The summed E-state index contributed by atoms with van der Waals surface area (Å²) in [6.07, 6.45) is 0.956. The fourth-order valence-electron chi connectivity index (χ4n) is 4.19. The zero-order valence-corrected chi connectivity index (χ0v) is 20.4. The lowest BCUT2D eigenvalue weighted by molar-refractivity contribution is -0.134. The molecule has 1 atom stereocenters. The van der Waals surface area contributed by atoms with Crippen LogP contribution < -0.4 is 5.32 Å². The van der Waals surface area contributed by atoms with Crippen LogP contribution in [0.4, 0.5) is 9.93 Å². The SMILES string of the molecule is CC(C)(C)OC(=O)N1CC[C@H](C(=O)Nc2nc3c(s2)CCN(C(=O)CN2CCOCC2)C3)C1. The fraction of sp³-hybridized carbons (Fsp3) is 0.727. The Morgan fingerprint density at radius 1 is 1.15 bits per heavy atom. The smallest absolute Gasteiger partial charge is 0.410 e. The van der Waals surface area contributed by atoms with Gasteiger partial charge in [-0.15, -0.1) is 11.3 Å². The second kappa shape index (κ2) is 9.94. The van der Waals surface area contributed by atoms with Crippen molar-refractivity contribution in [1.29, 1.82) is 0 Å². The largest absolute Gasteiger partial charge is 0.444 e. The van der Waals surface area contributed by atoms with E-state index in [2.05, 4.69) is 15.2 Å². The molecular formula is C22H33N5O5S. The van der Waals surface area contributed by atoms with E-state index in [-0.39, 0.29) is 23.8 Å². The Kier molecular flexibility index (Phi) is 7.20. The second-order valence-electron chi connectivity index (χ2n) is 9.74. The molecule has 3 amide bonds. The maximum absolute atomic E-state index is 12.8. The molecule has 2 saturated heterocycles. The number of morpholine rings is 1. The zero-order valence-electron chi connectivity index (χ0n) is 19.6. The number of ether oxygens (including phenoxy) is 2. The summed E-state index contributed by atoms with van der Waals surface area (Å²) in [4.78, 5) is 49.0. The highest BCUT2D eigenvalue weighted by Crippen LogP contribution is 2.29. The predicted octanol–water partition coefficient (Wildman–Crippen LogP) is 1.56. The third-order valence-electron chi connectivity index (χ3n) is 5.98. The molecule has 33 heavy (non-hydrogen) atoms. The molecule has 0 unspecified atom stereocenters. The van der Waals surface area contributed by atoms with E-state index >= 15 is 0 Å². The molecule has 1 aromatic rings. The molecule has 0 spiro atoms. The number of fused-ring (bicyclic) bond motifs is 1. The van der Waals surface area contributed by atoms with E-state index in [1.165, 1.54) is 11.3 Å². The van der Waals surface area contributed by atoms with Gasteiger partial charge in [0.1, 0.15) is 5.60 Å². The summed E-state index contributed by atoms with van der Waals surface area (Å²) >= 11 is 1.47. The van der Waals surface area contributed by atoms with Crippen molar-refractivity contribution >= 4 is 34.4 Å². The lowest BCUT2D eigenvalue weighted by Gasteiger charge is -2.31. The molecule has 4 rings (SSSR count). The summed E-state index contributed by atoms with van der Waals surface area (Å²) < 4.78 is 10.7. The van der Waals surface area contributed by atoms with Gasteiger partial charge in [0.2, 0.25) is 11.8 Å². The number of amides is 3. The van der Waals surface area contributed by atoms with E-state index in [1.807, 2.05) is 25.7 Å². The topological polar surface area (TPSA) is 104 Å². The molecule has 4 heterocycles. The van der Waals surface area contributed by atoms with Gasteiger partial charge in [0.25, 0.3) is 0 Å². The number of rotatable bonds is 4. The van der Waals surface area contributed by atoms with Crippen molar-refractivity contribution in [2.24, 2.45) is 5.92 Å². The Balaban J connectivity index is 1.28. The average molecular weight is 480 g/mol. The van der Waals surface area contributed by atoms with Gasteiger partial charge in [0, 0.05) is 44.0 Å². The average Bonchev–Trinajstić information content (AvgIpc) is 3.39. The lowest BCUT2D eigenvalue weighted by Crippen LogP contribution is -2.46. The quantitative estimate of drug-likeness (QED) is 0.699. The zero-order chi connectivity index (χ0) is 23.6. The number of thiazole rings is 1. The molecule has 3 aliphatic rings. The number of nitrogens with one attached hydrogen (secondary N) is 1. The first kappa shape index (κ1) is 23.9. The Hall–Kier alpha value is -2.24. The van der Waals surface area contributed by atoms with Crippen molar-refractivity contribution in [1.82, 2.24) is 19.7 Å². The van der Waals surface area contributed by atoms with Crippen molar-refractivity contribution in [2.45, 2.75) is 45.8 Å². The number of likely N-dealkylation sites (tertiary alicyclic amines) is 1. The van der Waals surface area contributed by atoms with Gasteiger partial charge in [0.05, 0.1) is 37.9 Å². The molecule has 0 radical (unpaired) electrons. The monoisotopic (exact) mass is 479 g/mol. The van der Waals surface area contributed by atoms with E-state index in [9.17, 15) is 14.4 Å². The number of aromatic nitrogens is 1. The summed E-state index contributed by atoms with van der Waals surface area (Å²) in [6.45, 7) is 10.8. The molecular weight excluding hydrogens is 446 g/mol. The number of carbonyl (C=O) groups excluding carboxylic acids is 3. The molecule has 0 aliphatic carbocycles. The highest BCUT2D eigenvalue weighted by molar-refractivity contribution is 7.15. The van der Waals surface area contributed by atoms with Crippen LogP contribution in [0.25, 0.3) is 0 Å². The number of carbonyl (C=O) groups is 3. The third-order valence-corrected chi connectivity index (χ3v) is 7.06. The number of anilines is 1. The van der Waals surface area contributed by atoms with E-state index in [1.54, 1.807) is 4.90 Å². The highest BCUT2D eigenvalue weighted by atomic mass is 32.1. The summed E-state index contributed by atoms with van der Waals surface area (Å²) in [6, 6.07) is 0. The van der Waals surface area contributed by atoms with Crippen LogP contribution in [-0.2, 0) is 32.0 Å². The minimum Gasteiger partial charge on any atom is -0.444 e. The summed E-state index contributed by atoms with van der Waals surface area (Å²) in [5, 5.41) is 3.48. The summed E-state index contributed by atoms with van der Waals surface area (Å²) in [5.74, 6) is -0.313. The third kappa shape index (κ3) is 6.21. The molecule has 0 bridgehead atoms. The van der Waals surface area contributed by atoms with Crippen LogP contribution in [0.5, 0.6) is 0 Å². The van der Waals surface area contributed by atoms with Crippen LogP contribution >= 0.6 is 11.3 Å². The first-order valence-electron chi connectivity index (χ1n) is 11.5. The van der Waals surface area contributed by atoms with E-state index < -0.39 is 5.60 Å². The second-order valence-corrected chi connectivity index (χ2v) is 10.8. The molecule has 1 N–H and O–H groups in total. The molecule has 0 saturated carbocycles. The van der Waals surface area contributed by atoms with E-state index in [4.69, 9.17) is 9.47 Å². The molecule has 3 aliphatic heterocycles. The van der Waals surface area contributed by atoms with Gasteiger partial charge >= 0.3 is 6.09 Å². The molecule has 11 heteroatoms. The molecule has 182 valence electrons. The Morgan fingerprint density at radius 2 is 1.91 bits per heavy atom. The molecule has 1 aromatic heterocycles. The number of hydrogen-bond acceptors (Lipinski definition) is 8. The van der Waals surface area contributed by atoms with Crippen molar-refractivity contribution in [3.63, 3.8) is 0 Å². The normalized spacial score (nSPS) is 21.6. The van der Waals surface area contributed by atoms with Crippen molar-refractivity contribution in [3.05, 3.63) is 10.6 Å². The molecule has 2 fully saturated rings. The van der Waals surface area contributed by atoms with Crippen LogP contribution in [0, 0.1) is 5.92 Å². The summed E-state index contributed by atoms with van der Waals surface area (Å²) in [5.41, 5.74) is 0.299. The van der Waals surface area contributed by atoms with Gasteiger partial charge in [-0.1, -0.05) is 0 Å². The maximum Gasteiger partial charge on any atom is 0.410 e. The standard InChI is InChI=1S/C22H33N5O5S/c1-22(2,3)32-21(30)27-6-4-15(12-27)19(29)24-20-23-16-13-26(7-5-17(16)33-20)18(28)14-25-8-10-31-11-9-25/h15H,4-14H2,1-3H3,(H,23,24,29)/t15-/m0/s1.